The Balaban J connectivity index is 1.55. The van der Waals surface area contributed by atoms with Gasteiger partial charge in [-0.15, -0.1) is 0 Å². The lowest BCUT2D eigenvalue weighted by atomic mass is 9.80. The number of aromatic nitrogens is 2. The van der Waals surface area contributed by atoms with Crippen molar-refractivity contribution in [3.63, 3.8) is 0 Å². The Morgan fingerprint density at radius 1 is 0.931 bits per heavy atom. The number of hydrogen-bond acceptors (Lipinski definition) is 1. The van der Waals surface area contributed by atoms with E-state index in [9.17, 15) is 0 Å². The topological polar surface area (TPSA) is 17.8 Å². The van der Waals surface area contributed by atoms with Gasteiger partial charge in [-0.25, -0.2) is 4.98 Å². The van der Waals surface area contributed by atoms with Crippen molar-refractivity contribution >= 4 is 0 Å². The average molecular weight is 399 g/mol. The van der Waals surface area contributed by atoms with Crippen LogP contribution in [0.25, 0.3) is 0 Å². The normalized spacial score (nSPS) is 19.7. The highest BCUT2D eigenvalue weighted by Crippen LogP contribution is 2.32. The zero-order valence-electron chi connectivity index (χ0n) is 19.5. The molecule has 0 saturated carbocycles. The second-order valence-corrected chi connectivity index (χ2v) is 9.60. The summed E-state index contributed by atoms with van der Waals surface area (Å²) in [6, 6.07) is 0.558. The van der Waals surface area contributed by atoms with Gasteiger partial charge >= 0.3 is 0 Å². The molecule has 0 amide bonds. The predicted octanol–water partition coefficient (Wildman–Crippen LogP) is 8.60. The molecule has 1 heterocycles. The van der Waals surface area contributed by atoms with Gasteiger partial charge in [-0.2, -0.15) is 0 Å². The second-order valence-electron chi connectivity index (χ2n) is 9.60. The van der Waals surface area contributed by atoms with Crippen LogP contribution >= 0.6 is 0 Å². The van der Waals surface area contributed by atoms with Crippen LogP contribution in [-0.4, -0.2) is 9.55 Å². The molecular formula is C27H46N2. The van der Waals surface area contributed by atoms with Crippen LogP contribution in [0.2, 0.25) is 0 Å². The fourth-order valence-electron chi connectivity index (χ4n) is 4.57. The van der Waals surface area contributed by atoms with Gasteiger partial charge in [0.05, 0.1) is 0 Å². The highest BCUT2D eigenvalue weighted by Gasteiger charge is 2.24. The molecular weight excluding hydrogens is 352 g/mol. The van der Waals surface area contributed by atoms with E-state index in [-0.39, 0.29) is 5.41 Å². The minimum atomic E-state index is 0.216. The molecule has 0 bridgehead atoms. The summed E-state index contributed by atoms with van der Waals surface area (Å²) in [4.78, 5) is 4.69. The van der Waals surface area contributed by atoms with Gasteiger partial charge in [0.25, 0.3) is 0 Å². The van der Waals surface area contributed by atoms with Crippen LogP contribution in [0.3, 0.4) is 0 Å². The molecule has 0 aliphatic heterocycles. The number of hydrogen-bond donors (Lipinski definition) is 0. The van der Waals surface area contributed by atoms with Crippen LogP contribution in [0.4, 0.5) is 0 Å². The van der Waals surface area contributed by atoms with E-state index in [1.54, 1.807) is 0 Å². The fourth-order valence-corrected chi connectivity index (χ4v) is 4.57. The summed E-state index contributed by atoms with van der Waals surface area (Å²) in [5.41, 5.74) is 0.216. The first-order valence-electron chi connectivity index (χ1n) is 12.5. The fraction of sp³-hybridized carbons (Fsp3) is 0.741. The Labute approximate surface area is 180 Å². The predicted molar refractivity (Wildman–Crippen MR) is 127 cm³/mol. The molecule has 164 valence electrons. The van der Waals surface area contributed by atoms with Gasteiger partial charge < -0.3 is 4.57 Å². The molecule has 2 heteroatoms. The van der Waals surface area contributed by atoms with Gasteiger partial charge in [0.1, 0.15) is 5.82 Å². The van der Waals surface area contributed by atoms with Gasteiger partial charge in [-0.05, 0) is 25.2 Å². The van der Waals surface area contributed by atoms with Crippen molar-refractivity contribution in [2.45, 2.75) is 123 Å². The minimum absolute atomic E-state index is 0.216. The van der Waals surface area contributed by atoms with Crippen LogP contribution in [0, 0.1) is 5.41 Å². The zero-order chi connectivity index (χ0) is 20.8. The SMILES string of the molecule is CCCCCCCCCCCCCCC(C)n1ccnc1CC1(C)C=CC=CC1. The standard InChI is InChI=1S/C27H46N2/c1-4-5-6-7-8-9-10-11-12-13-14-16-19-25(2)29-23-22-28-26(29)24-27(3)20-17-15-18-21-27/h15,17-18,20,22-23,25H,4-14,16,19,21,24H2,1-3H3. The summed E-state index contributed by atoms with van der Waals surface area (Å²) in [6.45, 7) is 7.01. The number of allylic oxidation sites excluding steroid dienone is 4. The molecule has 0 saturated heterocycles. The van der Waals surface area contributed by atoms with E-state index in [4.69, 9.17) is 4.98 Å². The first-order valence-corrected chi connectivity index (χ1v) is 12.5. The van der Waals surface area contributed by atoms with Gasteiger partial charge in [0.2, 0.25) is 0 Å². The molecule has 2 rings (SSSR count). The largest absolute Gasteiger partial charge is 0.332 e. The van der Waals surface area contributed by atoms with Crippen LogP contribution in [0.5, 0.6) is 0 Å². The second kappa shape index (κ2) is 13.8. The molecule has 1 aromatic rings. The van der Waals surface area contributed by atoms with Crippen molar-refractivity contribution in [3.05, 3.63) is 42.5 Å². The summed E-state index contributed by atoms with van der Waals surface area (Å²) in [6.07, 6.45) is 33.6. The Morgan fingerprint density at radius 2 is 1.55 bits per heavy atom. The first kappa shape index (κ1) is 24.0. The Bertz CT molecular complexity index is 597. The van der Waals surface area contributed by atoms with Gasteiger partial charge in [0.15, 0.2) is 0 Å². The van der Waals surface area contributed by atoms with Crippen molar-refractivity contribution in [3.8, 4) is 0 Å². The molecule has 2 atom stereocenters. The third kappa shape index (κ3) is 9.36. The molecule has 2 nitrogen and oxygen atoms in total. The van der Waals surface area contributed by atoms with Crippen LogP contribution in [0.15, 0.2) is 36.7 Å². The first-order chi connectivity index (χ1) is 14.1. The molecule has 0 fully saturated rings. The van der Waals surface area contributed by atoms with Crippen LogP contribution in [-0.2, 0) is 6.42 Å². The van der Waals surface area contributed by atoms with Gasteiger partial charge in [0, 0.05) is 24.9 Å². The van der Waals surface area contributed by atoms with E-state index in [0.29, 0.717) is 6.04 Å². The van der Waals surface area contributed by atoms with E-state index in [2.05, 4.69) is 55.8 Å². The highest BCUT2D eigenvalue weighted by atomic mass is 15.1. The monoisotopic (exact) mass is 398 g/mol. The third-order valence-electron chi connectivity index (χ3n) is 6.59. The highest BCUT2D eigenvalue weighted by molar-refractivity contribution is 5.17. The molecule has 29 heavy (non-hydrogen) atoms. The van der Waals surface area contributed by atoms with Gasteiger partial charge in [-0.3, -0.25) is 0 Å². The summed E-state index contributed by atoms with van der Waals surface area (Å²) in [5, 5.41) is 0. The van der Waals surface area contributed by atoms with Gasteiger partial charge in [-0.1, -0.05) is 115 Å². The van der Waals surface area contributed by atoms with Crippen LogP contribution < -0.4 is 0 Å². The van der Waals surface area contributed by atoms with Crippen molar-refractivity contribution in [2.75, 3.05) is 0 Å². The number of rotatable bonds is 16. The molecule has 0 N–H and O–H groups in total. The smallest absolute Gasteiger partial charge is 0.109 e. The average Bonchev–Trinajstić information content (AvgIpc) is 3.16. The number of nitrogens with zero attached hydrogens (tertiary/aromatic N) is 2. The van der Waals surface area contributed by atoms with Crippen LogP contribution in [0.1, 0.15) is 123 Å². The molecule has 1 aliphatic carbocycles. The summed E-state index contributed by atoms with van der Waals surface area (Å²) in [7, 11) is 0. The zero-order valence-corrected chi connectivity index (χ0v) is 19.5. The summed E-state index contributed by atoms with van der Waals surface area (Å²) < 4.78 is 2.43. The maximum Gasteiger partial charge on any atom is 0.109 e. The molecule has 0 spiro atoms. The molecule has 2 unspecified atom stereocenters. The lowest BCUT2D eigenvalue weighted by Crippen LogP contribution is -2.21. The Hall–Kier alpha value is -1.31. The number of imidazole rings is 1. The Kier molecular flexibility index (Phi) is 11.4. The molecule has 0 radical (unpaired) electrons. The quantitative estimate of drug-likeness (QED) is 0.255. The summed E-state index contributed by atoms with van der Waals surface area (Å²) in [5.74, 6) is 1.25. The van der Waals surface area contributed by atoms with Crippen molar-refractivity contribution < 1.29 is 0 Å². The van der Waals surface area contributed by atoms with E-state index >= 15 is 0 Å². The lowest BCUT2D eigenvalue weighted by Gasteiger charge is -2.27. The van der Waals surface area contributed by atoms with E-state index in [1.807, 2.05) is 6.20 Å². The minimum Gasteiger partial charge on any atom is -0.332 e. The number of unbranched alkanes of at least 4 members (excludes halogenated alkanes) is 11. The third-order valence-corrected chi connectivity index (χ3v) is 6.59. The summed E-state index contributed by atoms with van der Waals surface area (Å²) >= 11 is 0. The molecule has 1 aromatic heterocycles. The Morgan fingerprint density at radius 3 is 2.14 bits per heavy atom. The van der Waals surface area contributed by atoms with E-state index < -0.39 is 0 Å². The van der Waals surface area contributed by atoms with E-state index in [1.165, 1.54) is 89.3 Å². The maximum absolute atomic E-state index is 4.69. The molecule has 1 aliphatic rings. The van der Waals surface area contributed by atoms with Crippen molar-refractivity contribution in [2.24, 2.45) is 5.41 Å². The molecule has 0 aromatic carbocycles. The lowest BCUT2D eigenvalue weighted by molar-refractivity contribution is 0.387. The van der Waals surface area contributed by atoms with Crippen molar-refractivity contribution in [1.29, 1.82) is 0 Å². The maximum atomic E-state index is 4.69. The van der Waals surface area contributed by atoms with Crippen molar-refractivity contribution in [1.82, 2.24) is 9.55 Å². The van der Waals surface area contributed by atoms with E-state index in [0.717, 1.165) is 12.8 Å².